The number of hydrogen-bond acceptors (Lipinski definition) is 8. The largest absolute Gasteiger partial charge is 0.456 e. The Morgan fingerprint density at radius 2 is 1.86 bits per heavy atom. The Kier molecular flexibility index (Phi) is 7.13. The van der Waals surface area contributed by atoms with Gasteiger partial charge < -0.3 is 4.74 Å². The van der Waals surface area contributed by atoms with Crippen LogP contribution in [0, 0.1) is 19.8 Å². The van der Waals surface area contributed by atoms with Crippen molar-refractivity contribution in [2.45, 2.75) is 37.7 Å². The number of nitrogens with zero attached hydrogens (tertiary/aromatic N) is 3. The van der Waals surface area contributed by atoms with Crippen LogP contribution < -0.4 is 0 Å². The van der Waals surface area contributed by atoms with Crippen molar-refractivity contribution in [1.29, 1.82) is 0 Å². The summed E-state index contributed by atoms with van der Waals surface area (Å²) in [6, 6.07) is 11.9. The summed E-state index contributed by atoms with van der Waals surface area (Å²) in [7, 11) is -4.02. The van der Waals surface area contributed by atoms with Gasteiger partial charge in [-0.3, -0.25) is 14.6 Å². The Labute approximate surface area is 219 Å². The lowest BCUT2D eigenvalue weighted by Gasteiger charge is -2.43. The van der Waals surface area contributed by atoms with E-state index in [0.29, 0.717) is 11.6 Å². The van der Waals surface area contributed by atoms with Gasteiger partial charge in [-0.05, 0) is 76.0 Å². The highest BCUT2D eigenvalue weighted by molar-refractivity contribution is 7.85. The summed E-state index contributed by atoms with van der Waals surface area (Å²) in [4.78, 5) is 20.7. The number of aromatic nitrogens is 3. The molecule has 7 rings (SSSR count). The second-order valence-electron chi connectivity index (χ2n) is 9.48. The average molecular weight is 541 g/mol. The first kappa shape index (κ1) is 25.5. The van der Waals surface area contributed by atoms with Gasteiger partial charge in [-0.25, -0.2) is 9.78 Å². The number of rotatable bonds is 4. The number of fused-ring (bicyclic) bond motifs is 4. The van der Waals surface area contributed by atoms with Crippen molar-refractivity contribution in [3.8, 4) is 10.6 Å². The Morgan fingerprint density at radius 3 is 2.46 bits per heavy atom. The predicted molar refractivity (Wildman–Crippen MR) is 141 cm³/mol. The normalized spacial score (nSPS) is 20.9. The number of hydrogen-bond donors (Lipinski definition) is 2. The molecule has 3 aliphatic heterocycles. The van der Waals surface area contributed by atoms with E-state index >= 15 is 0 Å². The zero-order valence-corrected chi connectivity index (χ0v) is 22.2. The van der Waals surface area contributed by atoms with Gasteiger partial charge in [0.15, 0.2) is 5.69 Å². The van der Waals surface area contributed by atoms with E-state index in [9.17, 15) is 13.2 Å². The fraction of sp³-hybridized carbons (Fsp3) is 0.346. The van der Waals surface area contributed by atoms with Crippen molar-refractivity contribution in [3.05, 3.63) is 64.8 Å². The quantitative estimate of drug-likeness (QED) is 0.287. The zero-order chi connectivity index (χ0) is 26.2. The topological polar surface area (TPSA) is 125 Å². The fourth-order valence-electron chi connectivity index (χ4n) is 4.74. The van der Waals surface area contributed by atoms with Gasteiger partial charge in [-0.2, -0.15) is 13.5 Å². The Balaban J connectivity index is 0.000000215. The molecule has 4 aromatic rings. The van der Waals surface area contributed by atoms with Gasteiger partial charge >= 0.3 is 5.97 Å². The number of thiazole rings is 1. The second-order valence-corrected chi connectivity index (χ2v) is 12.1. The van der Waals surface area contributed by atoms with Crippen LogP contribution in [0.2, 0.25) is 0 Å². The van der Waals surface area contributed by atoms with Crippen LogP contribution in [0.4, 0.5) is 0 Å². The Morgan fingerprint density at radius 1 is 1.14 bits per heavy atom. The molecule has 0 amide bonds. The van der Waals surface area contributed by atoms with Crippen LogP contribution in [-0.2, 0) is 14.9 Å². The number of nitrogens with one attached hydrogen (secondary N) is 1. The number of ether oxygens (including phenoxy) is 1. The molecule has 2 aromatic carbocycles. The smallest absolute Gasteiger partial charge is 0.359 e. The summed E-state index contributed by atoms with van der Waals surface area (Å²) in [5.41, 5.74) is 3.15. The molecule has 0 unspecified atom stereocenters. The highest BCUT2D eigenvalue weighted by atomic mass is 32.2. The van der Waals surface area contributed by atoms with Crippen LogP contribution in [-0.4, -0.2) is 64.8 Å². The molecule has 3 fully saturated rings. The van der Waals surface area contributed by atoms with Crippen molar-refractivity contribution >= 4 is 38.3 Å². The highest BCUT2D eigenvalue weighted by Gasteiger charge is 2.37. The lowest BCUT2D eigenvalue weighted by molar-refractivity contribution is -0.0458. The third-order valence-corrected chi connectivity index (χ3v) is 8.63. The molecule has 0 saturated carbocycles. The summed E-state index contributed by atoms with van der Waals surface area (Å²) < 4.78 is 35.4. The van der Waals surface area contributed by atoms with Crippen LogP contribution in [0.15, 0.2) is 53.6 Å². The third-order valence-electron chi connectivity index (χ3n) is 6.80. The minimum Gasteiger partial charge on any atom is -0.456 e. The summed E-state index contributed by atoms with van der Waals surface area (Å²) >= 11 is 1.64. The standard InChI is InChI=1S/C19H20N4O2S.C7H8O3S/c1-11-9-20-18(26-11)13-2-3-15-14(8-13)17(22-21-15)19(24)25-16-10-23-6-4-12(16)5-7-23;1-6-2-4-7(5-3-6)11(8,9)10/h2-3,8-9,12,16H,4-7,10H2,1H3,(H,21,22);2-5H,1H3,(H,8,9,10)/t16-;/m1./s1. The van der Waals surface area contributed by atoms with E-state index in [1.807, 2.05) is 38.2 Å². The Bertz CT molecular complexity index is 1520. The minimum absolute atomic E-state index is 0.0125. The maximum absolute atomic E-state index is 12.8. The van der Waals surface area contributed by atoms with Crippen LogP contribution in [0.5, 0.6) is 0 Å². The van der Waals surface area contributed by atoms with E-state index in [0.717, 1.165) is 64.4 Å². The van der Waals surface area contributed by atoms with Crippen LogP contribution in [0.1, 0.15) is 33.8 Å². The van der Waals surface area contributed by atoms with Crippen LogP contribution >= 0.6 is 11.3 Å². The first-order chi connectivity index (χ1) is 17.7. The van der Waals surface area contributed by atoms with Gasteiger partial charge in [0.1, 0.15) is 11.1 Å². The van der Waals surface area contributed by atoms with Crippen molar-refractivity contribution in [2.24, 2.45) is 5.92 Å². The molecule has 0 radical (unpaired) electrons. The summed E-state index contributed by atoms with van der Waals surface area (Å²) in [6.45, 7) is 6.98. The third kappa shape index (κ3) is 5.74. The molecule has 1 atom stereocenters. The van der Waals surface area contributed by atoms with Gasteiger partial charge in [0, 0.05) is 28.6 Å². The first-order valence-corrected chi connectivity index (χ1v) is 14.3. The maximum Gasteiger partial charge on any atom is 0.359 e. The lowest BCUT2D eigenvalue weighted by Crippen LogP contribution is -2.51. The molecule has 3 saturated heterocycles. The lowest BCUT2D eigenvalue weighted by atomic mass is 9.86. The van der Waals surface area contributed by atoms with Crippen molar-refractivity contribution < 1.29 is 22.5 Å². The minimum atomic E-state index is -4.02. The van der Waals surface area contributed by atoms with E-state index in [4.69, 9.17) is 9.29 Å². The van der Waals surface area contributed by atoms with Crippen molar-refractivity contribution in [1.82, 2.24) is 20.1 Å². The Hall–Kier alpha value is -3.12. The summed E-state index contributed by atoms with van der Waals surface area (Å²) in [5, 5.41) is 8.92. The molecule has 3 aliphatic rings. The molecule has 194 valence electrons. The average Bonchev–Trinajstić information content (AvgIpc) is 3.51. The number of carbonyl (C=O) groups is 1. The summed E-state index contributed by atoms with van der Waals surface area (Å²) in [5.74, 6) is 0.158. The highest BCUT2D eigenvalue weighted by Crippen LogP contribution is 2.32. The van der Waals surface area contributed by atoms with Crippen LogP contribution in [0.3, 0.4) is 0 Å². The number of aryl methyl sites for hydroxylation is 2. The molecule has 9 nitrogen and oxygen atoms in total. The molecule has 37 heavy (non-hydrogen) atoms. The zero-order valence-electron chi connectivity index (χ0n) is 20.5. The molecule has 2 N–H and O–H groups in total. The number of H-pyrrole nitrogens is 1. The van der Waals surface area contributed by atoms with E-state index in [2.05, 4.69) is 20.1 Å². The van der Waals surface area contributed by atoms with Gasteiger partial charge in [0.2, 0.25) is 0 Å². The van der Waals surface area contributed by atoms with Crippen molar-refractivity contribution in [2.75, 3.05) is 19.6 Å². The SMILES string of the molecule is Cc1ccc(S(=O)(=O)O)cc1.Cc1cnc(-c2ccc3[nH]nc(C(=O)O[C@@H]4CN5CCC4CC5)c3c2)s1. The van der Waals surface area contributed by atoms with Gasteiger partial charge in [0.05, 0.1) is 10.4 Å². The van der Waals surface area contributed by atoms with Crippen LogP contribution in [0.25, 0.3) is 21.5 Å². The second kappa shape index (κ2) is 10.3. The molecule has 2 bridgehead atoms. The number of piperidine rings is 3. The number of benzene rings is 2. The fourth-order valence-corrected chi connectivity index (χ4v) is 5.98. The first-order valence-electron chi connectivity index (χ1n) is 12.1. The van der Waals surface area contributed by atoms with Gasteiger partial charge in [-0.15, -0.1) is 11.3 Å². The van der Waals surface area contributed by atoms with Crippen molar-refractivity contribution in [3.63, 3.8) is 0 Å². The molecule has 0 spiro atoms. The number of carbonyl (C=O) groups excluding carboxylic acids is 1. The van der Waals surface area contributed by atoms with Gasteiger partial charge in [0.25, 0.3) is 10.1 Å². The van der Waals surface area contributed by atoms with E-state index in [1.165, 1.54) is 12.1 Å². The van der Waals surface area contributed by atoms with E-state index in [-0.39, 0.29) is 17.0 Å². The molecular weight excluding hydrogens is 512 g/mol. The maximum atomic E-state index is 12.8. The molecular formula is C26H28N4O5S2. The van der Waals surface area contributed by atoms with E-state index in [1.54, 1.807) is 23.5 Å². The number of esters is 1. The molecule has 5 heterocycles. The predicted octanol–water partition coefficient (Wildman–Crippen LogP) is 4.49. The van der Waals surface area contributed by atoms with Gasteiger partial charge in [-0.1, -0.05) is 17.7 Å². The van der Waals surface area contributed by atoms with E-state index < -0.39 is 10.1 Å². The molecule has 0 aliphatic carbocycles. The summed E-state index contributed by atoms with van der Waals surface area (Å²) in [6.07, 6.45) is 4.09. The molecule has 11 heteroatoms. The number of aromatic amines is 1. The monoisotopic (exact) mass is 540 g/mol. The molecule has 2 aromatic heterocycles.